The Kier molecular flexibility index (Phi) is 5.79. The maximum Gasteiger partial charge on any atom is 0.258 e. The second-order valence-electron chi connectivity index (χ2n) is 6.15. The van der Waals surface area contributed by atoms with Crippen molar-refractivity contribution in [1.29, 1.82) is 0 Å². The molecule has 1 aliphatic heterocycles. The molecular weight excluding hydrogens is 378 g/mol. The lowest BCUT2D eigenvalue weighted by Crippen LogP contribution is -2.46. The summed E-state index contributed by atoms with van der Waals surface area (Å²) in [6, 6.07) is 10.9. The van der Waals surface area contributed by atoms with E-state index in [-0.39, 0.29) is 22.5 Å². The monoisotopic (exact) mass is 394 g/mol. The Labute approximate surface area is 160 Å². The number of amides is 2. The molecule has 7 heteroatoms. The highest BCUT2D eigenvalue weighted by Gasteiger charge is 2.27. The summed E-state index contributed by atoms with van der Waals surface area (Å²) < 4.78 is 13.9. The molecule has 0 spiro atoms. The molecule has 0 radical (unpaired) electrons. The number of piperidine rings is 1. The van der Waals surface area contributed by atoms with Gasteiger partial charge in [-0.25, -0.2) is 4.39 Å². The van der Waals surface area contributed by atoms with Gasteiger partial charge in [0, 0.05) is 29.7 Å². The largest absolute Gasteiger partial charge is 0.349 e. The fraction of sp³-hybridized carbons (Fsp3) is 0.263. The molecule has 1 heterocycles. The summed E-state index contributed by atoms with van der Waals surface area (Å²) in [5.74, 6) is -1.25. The second-order valence-corrected chi connectivity index (χ2v) is 6.99. The van der Waals surface area contributed by atoms with E-state index in [1.54, 1.807) is 29.2 Å². The number of hydrogen-bond donors (Lipinski definition) is 1. The molecular formula is C19H17Cl2FN2O2. The van der Waals surface area contributed by atoms with Gasteiger partial charge in [-0.2, -0.15) is 0 Å². The topological polar surface area (TPSA) is 49.4 Å². The Bertz CT molecular complexity index is 816. The van der Waals surface area contributed by atoms with Gasteiger partial charge in [0.1, 0.15) is 5.82 Å². The molecule has 2 aromatic rings. The molecule has 0 bridgehead atoms. The third-order valence-corrected chi connectivity index (χ3v) is 4.93. The molecule has 3 rings (SSSR count). The average Bonchev–Trinajstić information content (AvgIpc) is 2.62. The first-order valence-electron chi connectivity index (χ1n) is 8.25. The Morgan fingerprint density at radius 1 is 1.08 bits per heavy atom. The third kappa shape index (κ3) is 4.17. The van der Waals surface area contributed by atoms with Crippen molar-refractivity contribution in [3.05, 3.63) is 69.5 Å². The Morgan fingerprint density at radius 3 is 2.42 bits per heavy atom. The molecule has 1 aliphatic rings. The number of nitrogens with zero attached hydrogens (tertiary/aromatic N) is 1. The van der Waals surface area contributed by atoms with Crippen LogP contribution in [0.25, 0.3) is 0 Å². The zero-order valence-corrected chi connectivity index (χ0v) is 15.4. The van der Waals surface area contributed by atoms with Crippen molar-refractivity contribution in [3.63, 3.8) is 0 Å². The maximum atomic E-state index is 13.9. The lowest BCUT2D eigenvalue weighted by molar-refractivity contribution is 0.0694. The van der Waals surface area contributed by atoms with Crippen LogP contribution in [0.2, 0.25) is 10.0 Å². The van der Waals surface area contributed by atoms with E-state index in [9.17, 15) is 14.0 Å². The Hall–Kier alpha value is -2.11. The van der Waals surface area contributed by atoms with Gasteiger partial charge < -0.3 is 10.2 Å². The summed E-state index contributed by atoms with van der Waals surface area (Å²) in [6.45, 7) is 0.841. The van der Waals surface area contributed by atoms with E-state index in [1.165, 1.54) is 18.2 Å². The first-order valence-corrected chi connectivity index (χ1v) is 9.01. The number of halogens is 3. The highest BCUT2D eigenvalue weighted by Crippen LogP contribution is 2.23. The van der Waals surface area contributed by atoms with Crippen LogP contribution >= 0.6 is 23.2 Å². The van der Waals surface area contributed by atoms with Crippen molar-refractivity contribution in [2.24, 2.45) is 0 Å². The van der Waals surface area contributed by atoms with Crippen LogP contribution in [-0.2, 0) is 0 Å². The maximum absolute atomic E-state index is 13.9. The smallest absolute Gasteiger partial charge is 0.258 e. The fourth-order valence-corrected chi connectivity index (χ4v) is 3.42. The van der Waals surface area contributed by atoms with Crippen molar-refractivity contribution >= 4 is 35.0 Å². The van der Waals surface area contributed by atoms with Gasteiger partial charge in [-0.15, -0.1) is 0 Å². The molecule has 1 fully saturated rings. The van der Waals surface area contributed by atoms with Crippen LogP contribution < -0.4 is 5.32 Å². The minimum Gasteiger partial charge on any atom is -0.349 e. The molecule has 136 valence electrons. The van der Waals surface area contributed by atoms with Crippen LogP contribution in [0.4, 0.5) is 4.39 Å². The quantitative estimate of drug-likeness (QED) is 0.848. The normalized spacial score (nSPS) is 15.0. The second kappa shape index (κ2) is 8.06. The first-order chi connectivity index (χ1) is 12.5. The van der Waals surface area contributed by atoms with Gasteiger partial charge in [-0.3, -0.25) is 9.59 Å². The standard InChI is InChI=1S/C19H17Cl2FN2O2/c20-13-4-1-3-12(11-13)18(25)23-14-7-9-24(10-8-14)19(26)17-15(21)5-2-6-16(17)22/h1-6,11,14H,7-10H2,(H,23,25). The number of carbonyl (C=O) groups is 2. The summed E-state index contributed by atoms with van der Waals surface area (Å²) in [5, 5.41) is 3.55. The van der Waals surface area contributed by atoms with Crippen LogP contribution in [0.15, 0.2) is 42.5 Å². The Morgan fingerprint density at radius 2 is 1.77 bits per heavy atom. The number of carbonyl (C=O) groups excluding carboxylic acids is 2. The number of benzene rings is 2. The summed E-state index contributed by atoms with van der Waals surface area (Å²) in [7, 11) is 0. The van der Waals surface area contributed by atoms with Gasteiger partial charge in [0.15, 0.2) is 0 Å². The lowest BCUT2D eigenvalue weighted by atomic mass is 10.0. The summed E-state index contributed by atoms with van der Waals surface area (Å²) in [4.78, 5) is 26.4. The zero-order chi connectivity index (χ0) is 18.7. The van der Waals surface area contributed by atoms with Gasteiger partial charge >= 0.3 is 0 Å². The molecule has 2 amide bonds. The number of hydrogen-bond acceptors (Lipinski definition) is 2. The van der Waals surface area contributed by atoms with Crippen LogP contribution in [-0.4, -0.2) is 35.8 Å². The molecule has 26 heavy (non-hydrogen) atoms. The molecule has 0 aliphatic carbocycles. The molecule has 0 aromatic heterocycles. The molecule has 0 unspecified atom stereocenters. The number of rotatable bonds is 3. The van der Waals surface area contributed by atoms with Crippen LogP contribution in [0.5, 0.6) is 0 Å². The highest BCUT2D eigenvalue weighted by molar-refractivity contribution is 6.33. The van der Waals surface area contributed by atoms with Gasteiger partial charge in [0.05, 0.1) is 10.6 Å². The predicted octanol–water partition coefficient (Wildman–Crippen LogP) is 4.17. The molecule has 0 saturated carbocycles. The summed E-state index contributed by atoms with van der Waals surface area (Å²) in [5.41, 5.74) is 0.393. The van der Waals surface area contributed by atoms with Crippen molar-refractivity contribution in [3.8, 4) is 0 Å². The van der Waals surface area contributed by atoms with Crippen LogP contribution in [0.1, 0.15) is 33.6 Å². The third-order valence-electron chi connectivity index (χ3n) is 4.38. The van der Waals surface area contributed by atoms with E-state index in [2.05, 4.69) is 5.32 Å². The van der Waals surface area contributed by atoms with Gasteiger partial charge in [0.2, 0.25) is 0 Å². The van der Waals surface area contributed by atoms with Gasteiger partial charge in [-0.05, 0) is 43.2 Å². The summed E-state index contributed by atoms with van der Waals surface area (Å²) >= 11 is 11.9. The molecule has 4 nitrogen and oxygen atoms in total. The SMILES string of the molecule is O=C(NC1CCN(C(=O)c2c(F)cccc2Cl)CC1)c1cccc(Cl)c1. The summed E-state index contributed by atoms with van der Waals surface area (Å²) in [6.07, 6.45) is 1.17. The van der Waals surface area contributed by atoms with Gasteiger partial charge in [0.25, 0.3) is 11.8 Å². The molecule has 1 saturated heterocycles. The zero-order valence-electron chi connectivity index (χ0n) is 13.8. The minimum absolute atomic E-state index is 0.0541. The van der Waals surface area contributed by atoms with Crippen LogP contribution in [0.3, 0.4) is 0 Å². The molecule has 1 N–H and O–H groups in total. The van der Waals surface area contributed by atoms with E-state index in [4.69, 9.17) is 23.2 Å². The van der Waals surface area contributed by atoms with E-state index < -0.39 is 11.7 Å². The fourth-order valence-electron chi connectivity index (χ4n) is 2.99. The van der Waals surface area contributed by atoms with E-state index in [0.717, 1.165) is 0 Å². The first kappa shape index (κ1) is 18.7. The highest BCUT2D eigenvalue weighted by atomic mass is 35.5. The van der Waals surface area contributed by atoms with Gasteiger partial charge in [-0.1, -0.05) is 35.3 Å². The van der Waals surface area contributed by atoms with E-state index in [1.807, 2.05) is 0 Å². The average molecular weight is 395 g/mol. The van der Waals surface area contributed by atoms with E-state index >= 15 is 0 Å². The van der Waals surface area contributed by atoms with Crippen molar-refractivity contribution in [2.45, 2.75) is 18.9 Å². The van der Waals surface area contributed by atoms with E-state index in [0.29, 0.717) is 36.5 Å². The molecule has 0 atom stereocenters. The van der Waals surface area contributed by atoms with Crippen molar-refractivity contribution < 1.29 is 14.0 Å². The number of likely N-dealkylation sites (tertiary alicyclic amines) is 1. The lowest BCUT2D eigenvalue weighted by Gasteiger charge is -2.32. The predicted molar refractivity (Wildman–Crippen MR) is 99.3 cm³/mol. The van der Waals surface area contributed by atoms with Crippen LogP contribution in [0, 0.1) is 5.82 Å². The molecule has 2 aromatic carbocycles. The number of nitrogens with one attached hydrogen (secondary N) is 1. The Balaban J connectivity index is 1.59. The minimum atomic E-state index is -0.626. The van der Waals surface area contributed by atoms with Crippen molar-refractivity contribution in [2.75, 3.05) is 13.1 Å². The van der Waals surface area contributed by atoms with Crippen molar-refractivity contribution in [1.82, 2.24) is 10.2 Å².